The molecule has 22 heavy (non-hydrogen) atoms. The molecule has 1 aromatic carbocycles. The number of amides is 1. The Morgan fingerprint density at radius 1 is 1.14 bits per heavy atom. The largest absolute Gasteiger partial charge is 0.456 e. The molecule has 0 radical (unpaired) electrons. The quantitative estimate of drug-likeness (QED) is 0.916. The topological polar surface area (TPSA) is 42.2 Å². The number of nitrogens with one attached hydrogen (secondary N) is 1. The van der Waals surface area contributed by atoms with Gasteiger partial charge < -0.3 is 9.73 Å². The van der Waals surface area contributed by atoms with Crippen LogP contribution in [0.2, 0.25) is 0 Å². The Morgan fingerprint density at radius 3 is 2.55 bits per heavy atom. The Kier molecular flexibility index (Phi) is 4.74. The fraction of sp³-hybridized carbons (Fsp3) is 0.421. The van der Waals surface area contributed by atoms with Crippen LogP contribution in [0.25, 0.3) is 0 Å². The van der Waals surface area contributed by atoms with Crippen LogP contribution in [-0.4, -0.2) is 12.5 Å². The van der Waals surface area contributed by atoms with E-state index in [4.69, 9.17) is 4.42 Å². The molecule has 0 aliphatic heterocycles. The molecule has 0 saturated heterocycles. The molecule has 0 unspecified atom stereocenters. The molecule has 2 aromatic rings. The van der Waals surface area contributed by atoms with Crippen molar-refractivity contribution in [3.8, 4) is 0 Å². The molecule has 0 aliphatic carbocycles. The number of benzene rings is 1. The average Bonchev–Trinajstić information content (AvgIpc) is 2.88. The average molecular weight is 299 g/mol. The van der Waals surface area contributed by atoms with Gasteiger partial charge in [0.05, 0.1) is 0 Å². The molecule has 1 heterocycles. The summed E-state index contributed by atoms with van der Waals surface area (Å²) < 4.78 is 5.70. The molecule has 0 spiro atoms. The maximum atomic E-state index is 12.1. The molecule has 3 heteroatoms. The lowest BCUT2D eigenvalue weighted by molar-refractivity contribution is 0.0910. The molecule has 1 amide bonds. The van der Waals surface area contributed by atoms with Gasteiger partial charge in [-0.1, -0.05) is 44.5 Å². The second kappa shape index (κ2) is 6.39. The molecule has 0 atom stereocenters. The van der Waals surface area contributed by atoms with Crippen LogP contribution < -0.4 is 5.32 Å². The fourth-order valence-corrected chi connectivity index (χ4v) is 2.21. The number of rotatable bonds is 4. The van der Waals surface area contributed by atoms with Crippen LogP contribution in [-0.2, 0) is 6.42 Å². The Balaban J connectivity index is 2.05. The van der Waals surface area contributed by atoms with E-state index in [9.17, 15) is 4.79 Å². The summed E-state index contributed by atoms with van der Waals surface area (Å²) in [5.41, 5.74) is 3.76. The molecule has 1 N–H and O–H groups in total. The zero-order valence-corrected chi connectivity index (χ0v) is 14.1. The standard InChI is InChI=1S/C19H25NO2/c1-13-6-7-14(2)15(10-13)11-16-8-9-17(22-16)18(21)20-12-19(3,4)5/h6-10H,11-12H2,1-5H3,(H,20,21). The first kappa shape index (κ1) is 16.3. The summed E-state index contributed by atoms with van der Waals surface area (Å²) in [5.74, 6) is 1.04. The van der Waals surface area contributed by atoms with Crippen molar-refractivity contribution in [1.29, 1.82) is 0 Å². The summed E-state index contributed by atoms with van der Waals surface area (Å²) >= 11 is 0. The first-order chi connectivity index (χ1) is 10.2. The molecule has 0 aliphatic rings. The minimum absolute atomic E-state index is 0.0593. The van der Waals surface area contributed by atoms with Crippen molar-refractivity contribution >= 4 is 5.91 Å². The van der Waals surface area contributed by atoms with E-state index < -0.39 is 0 Å². The predicted octanol–water partition coefficient (Wildman–Crippen LogP) is 4.26. The molecule has 0 bridgehead atoms. The number of hydrogen-bond acceptors (Lipinski definition) is 2. The Morgan fingerprint density at radius 2 is 1.86 bits per heavy atom. The van der Waals surface area contributed by atoms with E-state index in [1.165, 1.54) is 16.7 Å². The third-order valence-corrected chi connectivity index (χ3v) is 3.53. The third-order valence-electron chi connectivity index (χ3n) is 3.53. The van der Waals surface area contributed by atoms with Gasteiger partial charge in [-0.3, -0.25) is 4.79 Å². The number of carbonyl (C=O) groups excluding carboxylic acids is 1. The van der Waals surface area contributed by atoms with E-state index >= 15 is 0 Å². The van der Waals surface area contributed by atoms with Crippen molar-refractivity contribution < 1.29 is 9.21 Å². The van der Waals surface area contributed by atoms with Crippen molar-refractivity contribution in [2.75, 3.05) is 6.54 Å². The van der Waals surface area contributed by atoms with Crippen LogP contribution in [0.5, 0.6) is 0 Å². The van der Waals surface area contributed by atoms with E-state index in [1.54, 1.807) is 6.07 Å². The van der Waals surface area contributed by atoms with Gasteiger partial charge in [-0.2, -0.15) is 0 Å². The van der Waals surface area contributed by atoms with E-state index in [0.717, 1.165) is 5.76 Å². The predicted molar refractivity (Wildman–Crippen MR) is 89.2 cm³/mol. The first-order valence-corrected chi connectivity index (χ1v) is 7.68. The van der Waals surface area contributed by atoms with Gasteiger partial charge in [0, 0.05) is 13.0 Å². The lowest BCUT2D eigenvalue weighted by Crippen LogP contribution is -2.31. The molecule has 1 aromatic heterocycles. The monoisotopic (exact) mass is 299 g/mol. The summed E-state index contributed by atoms with van der Waals surface area (Å²) in [4.78, 5) is 12.1. The minimum Gasteiger partial charge on any atom is -0.456 e. The highest BCUT2D eigenvalue weighted by Crippen LogP contribution is 2.18. The summed E-state index contributed by atoms with van der Waals surface area (Å²) in [6, 6.07) is 10.0. The summed E-state index contributed by atoms with van der Waals surface area (Å²) in [6.07, 6.45) is 0.708. The minimum atomic E-state index is -0.151. The zero-order valence-electron chi connectivity index (χ0n) is 14.1. The van der Waals surface area contributed by atoms with Crippen LogP contribution in [0.4, 0.5) is 0 Å². The molecular weight excluding hydrogens is 274 g/mol. The van der Waals surface area contributed by atoms with Crippen molar-refractivity contribution in [3.05, 3.63) is 58.5 Å². The van der Waals surface area contributed by atoms with Gasteiger partial charge in [0.2, 0.25) is 0 Å². The van der Waals surface area contributed by atoms with Crippen LogP contribution >= 0.6 is 0 Å². The van der Waals surface area contributed by atoms with Crippen LogP contribution in [0.3, 0.4) is 0 Å². The van der Waals surface area contributed by atoms with Gasteiger partial charge >= 0.3 is 0 Å². The highest BCUT2D eigenvalue weighted by Gasteiger charge is 2.16. The van der Waals surface area contributed by atoms with E-state index in [2.05, 4.69) is 58.1 Å². The van der Waals surface area contributed by atoms with Gasteiger partial charge in [0.25, 0.3) is 5.91 Å². The summed E-state index contributed by atoms with van der Waals surface area (Å²) in [5, 5.41) is 2.90. The molecule has 118 valence electrons. The summed E-state index contributed by atoms with van der Waals surface area (Å²) in [7, 11) is 0. The van der Waals surface area contributed by atoms with Crippen molar-refractivity contribution in [2.24, 2.45) is 5.41 Å². The Bertz CT molecular complexity index is 662. The lowest BCUT2D eigenvalue weighted by atomic mass is 9.97. The fourth-order valence-electron chi connectivity index (χ4n) is 2.21. The number of furan rings is 1. The number of aryl methyl sites for hydroxylation is 2. The molecule has 0 saturated carbocycles. The smallest absolute Gasteiger partial charge is 0.287 e. The highest BCUT2D eigenvalue weighted by atomic mass is 16.3. The van der Waals surface area contributed by atoms with Gasteiger partial charge in [-0.15, -0.1) is 0 Å². The van der Waals surface area contributed by atoms with E-state index in [0.29, 0.717) is 18.7 Å². The van der Waals surface area contributed by atoms with Gasteiger partial charge in [0.1, 0.15) is 5.76 Å². The lowest BCUT2D eigenvalue weighted by Gasteiger charge is -2.17. The zero-order chi connectivity index (χ0) is 16.3. The molecule has 3 nitrogen and oxygen atoms in total. The third kappa shape index (κ3) is 4.48. The van der Waals surface area contributed by atoms with Crippen molar-refractivity contribution in [3.63, 3.8) is 0 Å². The molecule has 2 rings (SSSR count). The number of hydrogen-bond donors (Lipinski definition) is 1. The van der Waals surface area contributed by atoms with E-state index in [1.807, 2.05) is 6.07 Å². The van der Waals surface area contributed by atoms with Crippen molar-refractivity contribution in [2.45, 2.75) is 41.0 Å². The highest BCUT2D eigenvalue weighted by molar-refractivity contribution is 5.91. The first-order valence-electron chi connectivity index (χ1n) is 7.68. The summed E-state index contributed by atoms with van der Waals surface area (Å²) in [6.45, 7) is 11.0. The molecular formula is C19H25NO2. The normalized spacial score (nSPS) is 11.5. The van der Waals surface area contributed by atoms with Gasteiger partial charge in [-0.05, 0) is 42.5 Å². The molecule has 0 fully saturated rings. The van der Waals surface area contributed by atoms with Crippen LogP contribution in [0.15, 0.2) is 34.7 Å². The maximum Gasteiger partial charge on any atom is 0.287 e. The Labute approximate surface area is 132 Å². The van der Waals surface area contributed by atoms with Gasteiger partial charge in [-0.25, -0.2) is 0 Å². The van der Waals surface area contributed by atoms with Crippen molar-refractivity contribution in [1.82, 2.24) is 5.32 Å². The van der Waals surface area contributed by atoms with Crippen LogP contribution in [0, 0.1) is 19.3 Å². The van der Waals surface area contributed by atoms with Crippen LogP contribution in [0.1, 0.15) is 53.8 Å². The SMILES string of the molecule is Cc1ccc(C)c(Cc2ccc(C(=O)NCC(C)(C)C)o2)c1. The number of carbonyl (C=O) groups is 1. The second-order valence-corrected chi connectivity index (χ2v) is 7.12. The maximum absolute atomic E-state index is 12.1. The van der Waals surface area contributed by atoms with E-state index in [-0.39, 0.29) is 11.3 Å². The second-order valence-electron chi connectivity index (χ2n) is 7.12. The Hall–Kier alpha value is -2.03. The van der Waals surface area contributed by atoms with Gasteiger partial charge in [0.15, 0.2) is 5.76 Å².